The fourth-order valence-electron chi connectivity index (χ4n) is 2.09. The number of hydrogen-bond donors (Lipinski definition) is 1. The number of ether oxygens (including phenoxy) is 3. The minimum atomic E-state index is -0.183. The molecule has 0 unspecified atom stereocenters. The van der Waals surface area contributed by atoms with E-state index in [9.17, 15) is 4.79 Å². The predicted molar refractivity (Wildman–Crippen MR) is 95.6 cm³/mol. The summed E-state index contributed by atoms with van der Waals surface area (Å²) in [6.07, 6.45) is 1.98. The standard InChI is InChI=1S/C18H21NO4S/c1-21-13-4-6-14(7-5-13)23-11-10-19-18(20)16-9-8-15(24-3)12-17(16)22-2/h4-9,12H,10-11H2,1-3H3,(H,19,20). The Labute approximate surface area is 146 Å². The van der Waals surface area contributed by atoms with Gasteiger partial charge < -0.3 is 19.5 Å². The van der Waals surface area contributed by atoms with Crippen molar-refractivity contribution in [2.75, 3.05) is 33.6 Å². The molecule has 0 atom stereocenters. The van der Waals surface area contributed by atoms with Crippen LogP contribution in [0.2, 0.25) is 0 Å². The highest BCUT2D eigenvalue weighted by Crippen LogP contribution is 2.25. The molecule has 0 saturated carbocycles. The first-order valence-electron chi connectivity index (χ1n) is 7.45. The molecule has 2 rings (SSSR count). The molecule has 128 valence electrons. The molecule has 0 aliphatic rings. The number of nitrogens with one attached hydrogen (secondary N) is 1. The van der Waals surface area contributed by atoms with Crippen molar-refractivity contribution >= 4 is 17.7 Å². The van der Waals surface area contributed by atoms with Crippen LogP contribution in [0.15, 0.2) is 47.4 Å². The molecule has 5 nitrogen and oxygen atoms in total. The van der Waals surface area contributed by atoms with Gasteiger partial charge in [-0.25, -0.2) is 0 Å². The molecule has 0 heterocycles. The minimum absolute atomic E-state index is 0.183. The maximum absolute atomic E-state index is 12.2. The van der Waals surface area contributed by atoms with E-state index in [2.05, 4.69) is 5.32 Å². The first-order valence-corrected chi connectivity index (χ1v) is 8.67. The molecule has 0 bridgehead atoms. The van der Waals surface area contributed by atoms with E-state index < -0.39 is 0 Å². The largest absolute Gasteiger partial charge is 0.497 e. The molecule has 1 amide bonds. The van der Waals surface area contributed by atoms with Gasteiger partial charge in [0.1, 0.15) is 23.9 Å². The summed E-state index contributed by atoms with van der Waals surface area (Å²) in [7, 11) is 3.18. The Morgan fingerprint density at radius 2 is 1.75 bits per heavy atom. The van der Waals surface area contributed by atoms with Crippen LogP contribution >= 0.6 is 11.8 Å². The zero-order chi connectivity index (χ0) is 17.4. The summed E-state index contributed by atoms with van der Waals surface area (Å²) in [5.41, 5.74) is 0.514. The topological polar surface area (TPSA) is 56.8 Å². The molecule has 0 spiro atoms. The van der Waals surface area contributed by atoms with Crippen LogP contribution in [0.25, 0.3) is 0 Å². The molecule has 0 saturated heterocycles. The summed E-state index contributed by atoms with van der Waals surface area (Å²) < 4.78 is 16.0. The van der Waals surface area contributed by atoms with Gasteiger partial charge in [0.2, 0.25) is 0 Å². The van der Waals surface area contributed by atoms with Gasteiger partial charge >= 0.3 is 0 Å². The van der Waals surface area contributed by atoms with Gasteiger partial charge in [-0.2, -0.15) is 0 Å². The monoisotopic (exact) mass is 347 g/mol. The van der Waals surface area contributed by atoms with Gasteiger partial charge in [0.05, 0.1) is 26.3 Å². The SMILES string of the molecule is COc1ccc(OCCNC(=O)c2ccc(SC)cc2OC)cc1. The van der Waals surface area contributed by atoms with Crippen molar-refractivity contribution in [1.82, 2.24) is 5.32 Å². The van der Waals surface area contributed by atoms with Crippen LogP contribution in [-0.4, -0.2) is 39.5 Å². The molecular weight excluding hydrogens is 326 g/mol. The van der Waals surface area contributed by atoms with Crippen LogP contribution in [0.5, 0.6) is 17.2 Å². The number of hydrogen-bond acceptors (Lipinski definition) is 5. The molecular formula is C18H21NO4S. The third kappa shape index (κ3) is 4.83. The lowest BCUT2D eigenvalue weighted by molar-refractivity contribution is 0.0944. The average molecular weight is 347 g/mol. The fourth-order valence-corrected chi connectivity index (χ4v) is 2.52. The second-order valence-electron chi connectivity index (χ2n) is 4.85. The Bertz CT molecular complexity index is 673. The van der Waals surface area contributed by atoms with Gasteiger partial charge in [-0.3, -0.25) is 4.79 Å². The molecule has 24 heavy (non-hydrogen) atoms. The molecule has 0 radical (unpaired) electrons. The van der Waals surface area contributed by atoms with E-state index in [1.807, 2.05) is 42.7 Å². The van der Waals surface area contributed by atoms with Crippen molar-refractivity contribution in [3.8, 4) is 17.2 Å². The van der Waals surface area contributed by atoms with Crippen molar-refractivity contribution in [1.29, 1.82) is 0 Å². The van der Waals surface area contributed by atoms with E-state index in [1.165, 1.54) is 0 Å². The Hall–Kier alpha value is -2.34. The zero-order valence-corrected chi connectivity index (χ0v) is 14.8. The lowest BCUT2D eigenvalue weighted by Gasteiger charge is -2.11. The predicted octanol–water partition coefficient (Wildman–Crippen LogP) is 3.23. The number of amides is 1. The van der Waals surface area contributed by atoms with E-state index in [-0.39, 0.29) is 5.91 Å². The number of thioether (sulfide) groups is 1. The number of methoxy groups -OCH3 is 2. The molecule has 2 aromatic rings. The van der Waals surface area contributed by atoms with E-state index >= 15 is 0 Å². The number of benzene rings is 2. The number of carbonyl (C=O) groups is 1. The lowest BCUT2D eigenvalue weighted by Crippen LogP contribution is -2.28. The smallest absolute Gasteiger partial charge is 0.255 e. The van der Waals surface area contributed by atoms with Crippen LogP contribution in [0, 0.1) is 0 Å². The minimum Gasteiger partial charge on any atom is -0.497 e. The molecule has 0 aliphatic carbocycles. The summed E-state index contributed by atoms with van der Waals surface area (Å²) in [5.74, 6) is 1.89. The lowest BCUT2D eigenvalue weighted by atomic mass is 10.2. The van der Waals surface area contributed by atoms with Crippen LogP contribution in [0.4, 0.5) is 0 Å². The van der Waals surface area contributed by atoms with Crippen molar-refractivity contribution in [3.05, 3.63) is 48.0 Å². The van der Waals surface area contributed by atoms with Crippen LogP contribution in [0.1, 0.15) is 10.4 Å². The Kier molecular flexibility index (Phi) is 6.81. The molecule has 0 aliphatic heterocycles. The second kappa shape index (κ2) is 9.08. The van der Waals surface area contributed by atoms with Gasteiger partial charge in [0.15, 0.2) is 0 Å². The van der Waals surface area contributed by atoms with Crippen molar-refractivity contribution in [2.45, 2.75) is 4.90 Å². The van der Waals surface area contributed by atoms with Crippen molar-refractivity contribution in [3.63, 3.8) is 0 Å². The normalized spacial score (nSPS) is 10.1. The molecule has 6 heteroatoms. The van der Waals surface area contributed by atoms with Crippen LogP contribution < -0.4 is 19.5 Å². The molecule has 0 aromatic heterocycles. The van der Waals surface area contributed by atoms with Gasteiger partial charge in [0, 0.05) is 4.90 Å². The molecule has 0 fully saturated rings. The first kappa shape index (κ1) is 18.0. The number of rotatable bonds is 8. The molecule has 2 aromatic carbocycles. The van der Waals surface area contributed by atoms with Gasteiger partial charge in [-0.1, -0.05) is 0 Å². The highest BCUT2D eigenvalue weighted by molar-refractivity contribution is 7.98. The van der Waals surface area contributed by atoms with Crippen LogP contribution in [0.3, 0.4) is 0 Å². The Balaban J connectivity index is 1.84. The van der Waals surface area contributed by atoms with Crippen LogP contribution in [-0.2, 0) is 0 Å². The van der Waals surface area contributed by atoms with Crippen molar-refractivity contribution in [2.24, 2.45) is 0 Å². The average Bonchev–Trinajstić information content (AvgIpc) is 2.64. The maximum atomic E-state index is 12.2. The second-order valence-corrected chi connectivity index (χ2v) is 5.73. The van der Waals surface area contributed by atoms with Gasteiger partial charge in [0.25, 0.3) is 5.91 Å². The molecule has 1 N–H and O–H groups in total. The first-order chi connectivity index (χ1) is 11.7. The third-order valence-electron chi connectivity index (χ3n) is 3.37. The fraction of sp³-hybridized carbons (Fsp3) is 0.278. The maximum Gasteiger partial charge on any atom is 0.255 e. The Morgan fingerprint density at radius 3 is 2.38 bits per heavy atom. The summed E-state index contributed by atoms with van der Waals surface area (Å²) >= 11 is 1.60. The summed E-state index contributed by atoms with van der Waals surface area (Å²) in [6.45, 7) is 0.779. The quantitative estimate of drug-likeness (QED) is 0.587. The van der Waals surface area contributed by atoms with E-state index in [0.29, 0.717) is 24.5 Å². The van der Waals surface area contributed by atoms with E-state index in [0.717, 1.165) is 16.4 Å². The highest BCUT2D eigenvalue weighted by Gasteiger charge is 2.12. The summed E-state index contributed by atoms with van der Waals surface area (Å²) in [6, 6.07) is 12.8. The van der Waals surface area contributed by atoms with E-state index in [4.69, 9.17) is 14.2 Å². The third-order valence-corrected chi connectivity index (χ3v) is 4.09. The highest BCUT2D eigenvalue weighted by atomic mass is 32.2. The van der Waals surface area contributed by atoms with Gasteiger partial charge in [-0.15, -0.1) is 11.8 Å². The number of carbonyl (C=O) groups excluding carboxylic acids is 1. The zero-order valence-electron chi connectivity index (χ0n) is 14.0. The van der Waals surface area contributed by atoms with Gasteiger partial charge in [-0.05, 0) is 48.7 Å². The van der Waals surface area contributed by atoms with E-state index in [1.54, 1.807) is 32.0 Å². The summed E-state index contributed by atoms with van der Waals surface area (Å²) in [5, 5.41) is 2.83. The summed E-state index contributed by atoms with van der Waals surface area (Å²) in [4.78, 5) is 13.3. The van der Waals surface area contributed by atoms with Crippen molar-refractivity contribution < 1.29 is 19.0 Å². The Morgan fingerprint density at radius 1 is 1.04 bits per heavy atom.